The van der Waals surface area contributed by atoms with Gasteiger partial charge in [-0.3, -0.25) is 9.59 Å². The maximum atomic E-state index is 11.8. The smallest absolute Gasteiger partial charge is 0.249 e. The van der Waals surface area contributed by atoms with Crippen molar-refractivity contribution in [2.45, 2.75) is 44.6 Å². The monoisotopic (exact) mass is 355 g/mol. The molecule has 1 aromatic rings. The molecule has 0 heterocycles. The minimum absolute atomic E-state index is 0.195. The molecular weight excluding hydrogens is 337 g/mol. The Morgan fingerprint density at radius 3 is 2.61 bits per heavy atom. The highest BCUT2D eigenvalue weighted by Gasteiger charge is 2.17. The Hall–Kier alpha value is -1.59. The molecule has 2 amide bonds. The Morgan fingerprint density at radius 1 is 1.17 bits per heavy atom. The zero-order valence-electron chi connectivity index (χ0n) is 12.6. The van der Waals surface area contributed by atoms with Crippen LogP contribution in [0.2, 0.25) is 10.0 Å². The molecule has 2 rings (SSSR count). The lowest BCUT2D eigenvalue weighted by atomic mass is 9.95. The standard InChI is InChI=1S/C16H19Cl2N3O2/c17-12-7-6-11(14(18)8-12)10-19-21-16(23)9-15(22)20-13-4-2-1-3-5-13/h6-8,10,13H,1-5,9H2,(H,20,22)(H,21,23)/b19-10+. The van der Waals surface area contributed by atoms with Crippen molar-refractivity contribution in [1.29, 1.82) is 0 Å². The third kappa shape index (κ3) is 6.20. The van der Waals surface area contributed by atoms with E-state index in [0.29, 0.717) is 15.6 Å². The molecule has 1 aliphatic carbocycles. The number of carbonyl (C=O) groups excluding carboxylic acids is 2. The van der Waals surface area contributed by atoms with E-state index in [2.05, 4.69) is 15.8 Å². The van der Waals surface area contributed by atoms with Crippen molar-refractivity contribution < 1.29 is 9.59 Å². The number of benzene rings is 1. The van der Waals surface area contributed by atoms with E-state index in [0.717, 1.165) is 25.7 Å². The van der Waals surface area contributed by atoms with Gasteiger partial charge in [0.2, 0.25) is 11.8 Å². The summed E-state index contributed by atoms with van der Waals surface area (Å²) in [6.45, 7) is 0. The number of hydrogen-bond donors (Lipinski definition) is 2. The summed E-state index contributed by atoms with van der Waals surface area (Å²) in [6.07, 6.45) is 6.63. The molecule has 1 aliphatic rings. The Balaban J connectivity index is 1.75. The second-order valence-electron chi connectivity index (χ2n) is 5.54. The van der Waals surface area contributed by atoms with Gasteiger partial charge in [-0.05, 0) is 25.0 Å². The first kappa shape index (κ1) is 17.8. The summed E-state index contributed by atoms with van der Waals surface area (Å²) in [5.41, 5.74) is 2.95. The largest absolute Gasteiger partial charge is 0.353 e. The molecule has 0 aromatic heterocycles. The fourth-order valence-electron chi connectivity index (χ4n) is 2.49. The van der Waals surface area contributed by atoms with E-state index in [9.17, 15) is 9.59 Å². The first-order chi connectivity index (χ1) is 11.0. The molecule has 124 valence electrons. The van der Waals surface area contributed by atoms with E-state index in [1.165, 1.54) is 12.6 Å². The quantitative estimate of drug-likeness (QED) is 0.483. The summed E-state index contributed by atoms with van der Waals surface area (Å²) in [5, 5.41) is 7.64. The van der Waals surface area contributed by atoms with Crippen LogP contribution in [0.25, 0.3) is 0 Å². The third-order valence-corrected chi connectivity index (χ3v) is 4.21. The summed E-state index contributed by atoms with van der Waals surface area (Å²) in [4.78, 5) is 23.5. The Kier molecular flexibility index (Phi) is 6.86. The molecule has 0 spiro atoms. The molecule has 1 saturated carbocycles. The summed E-state index contributed by atoms with van der Waals surface area (Å²) < 4.78 is 0. The van der Waals surface area contributed by atoms with Gasteiger partial charge >= 0.3 is 0 Å². The van der Waals surface area contributed by atoms with Gasteiger partial charge in [0, 0.05) is 16.6 Å². The molecule has 0 aliphatic heterocycles. The van der Waals surface area contributed by atoms with E-state index < -0.39 is 5.91 Å². The average Bonchev–Trinajstić information content (AvgIpc) is 2.50. The Morgan fingerprint density at radius 2 is 1.91 bits per heavy atom. The van der Waals surface area contributed by atoms with Gasteiger partial charge in [-0.1, -0.05) is 48.5 Å². The van der Waals surface area contributed by atoms with Crippen LogP contribution in [0, 0.1) is 0 Å². The molecule has 1 fully saturated rings. The van der Waals surface area contributed by atoms with Crippen molar-refractivity contribution in [3.8, 4) is 0 Å². The molecule has 7 heteroatoms. The zero-order chi connectivity index (χ0) is 16.7. The van der Waals surface area contributed by atoms with E-state index >= 15 is 0 Å². The summed E-state index contributed by atoms with van der Waals surface area (Å²) in [7, 11) is 0. The summed E-state index contributed by atoms with van der Waals surface area (Å²) >= 11 is 11.8. The number of hydrazone groups is 1. The van der Waals surface area contributed by atoms with Crippen LogP contribution in [0.3, 0.4) is 0 Å². The van der Waals surface area contributed by atoms with Crippen LogP contribution >= 0.6 is 23.2 Å². The zero-order valence-corrected chi connectivity index (χ0v) is 14.2. The molecule has 5 nitrogen and oxygen atoms in total. The molecule has 23 heavy (non-hydrogen) atoms. The molecule has 0 bridgehead atoms. The summed E-state index contributed by atoms with van der Waals surface area (Å²) in [5.74, 6) is -0.728. The van der Waals surface area contributed by atoms with E-state index in [4.69, 9.17) is 23.2 Å². The van der Waals surface area contributed by atoms with Crippen LogP contribution in [0.1, 0.15) is 44.1 Å². The lowest BCUT2D eigenvalue weighted by molar-refractivity contribution is -0.129. The van der Waals surface area contributed by atoms with E-state index in [1.807, 2.05) is 0 Å². The predicted molar refractivity (Wildman–Crippen MR) is 91.8 cm³/mol. The van der Waals surface area contributed by atoms with Crippen molar-refractivity contribution in [3.05, 3.63) is 33.8 Å². The minimum Gasteiger partial charge on any atom is -0.353 e. The lowest BCUT2D eigenvalue weighted by Crippen LogP contribution is -2.38. The van der Waals surface area contributed by atoms with Crippen LogP contribution in [0.5, 0.6) is 0 Å². The van der Waals surface area contributed by atoms with E-state index in [1.54, 1.807) is 18.2 Å². The SMILES string of the molecule is O=C(CC(=O)NC1CCCCC1)N/N=C/c1ccc(Cl)cc1Cl. The first-order valence-electron chi connectivity index (χ1n) is 7.61. The molecule has 0 radical (unpaired) electrons. The molecule has 2 N–H and O–H groups in total. The van der Waals surface area contributed by atoms with Gasteiger partial charge in [0.25, 0.3) is 0 Å². The number of hydrogen-bond acceptors (Lipinski definition) is 3. The number of nitrogens with one attached hydrogen (secondary N) is 2. The first-order valence-corrected chi connectivity index (χ1v) is 8.36. The highest BCUT2D eigenvalue weighted by atomic mass is 35.5. The van der Waals surface area contributed by atoms with Gasteiger partial charge in [0.1, 0.15) is 6.42 Å². The highest BCUT2D eigenvalue weighted by molar-refractivity contribution is 6.36. The van der Waals surface area contributed by atoms with Crippen LogP contribution in [-0.2, 0) is 9.59 Å². The van der Waals surface area contributed by atoms with Gasteiger partial charge in [0.15, 0.2) is 0 Å². The van der Waals surface area contributed by atoms with Gasteiger partial charge in [-0.25, -0.2) is 5.43 Å². The Bertz CT molecular complexity index is 599. The fraction of sp³-hybridized carbons (Fsp3) is 0.438. The lowest BCUT2D eigenvalue weighted by Gasteiger charge is -2.22. The molecule has 0 atom stereocenters. The maximum Gasteiger partial charge on any atom is 0.249 e. The van der Waals surface area contributed by atoms with Crippen molar-refractivity contribution in [2.75, 3.05) is 0 Å². The second kappa shape index (κ2) is 8.89. The van der Waals surface area contributed by atoms with Gasteiger partial charge in [0.05, 0.1) is 11.2 Å². The molecular formula is C16H19Cl2N3O2. The van der Waals surface area contributed by atoms with Crippen LogP contribution in [0.4, 0.5) is 0 Å². The van der Waals surface area contributed by atoms with Crippen LogP contribution in [0.15, 0.2) is 23.3 Å². The number of amides is 2. The number of rotatable bonds is 5. The molecule has 0 unspecified atom stereocenters. The maximum absolute atomic E-state index is 11.8. The van der Waals surface area contributed by atoms with Crippen molar-refractivity contribution in [3.63, 3.8) is 0 Å². The third-order valence-electron chi connectivity index (χ3n) is 3.65. The van der Waals surface area contributed by atoms with Crippen molar-refractivity contribution in [1.82, 2.24) is 10.7 Å². The Labute approximate surface area is 145 Å². The van der Waals surface area contributed by atoms with E-state index in [-0.39, 0.29) is 18.4 Å². The summed E-state index contributed by atoms with van der Waals surface area (Å²) in [6, 6.07) is 5.15. The number of halogens is 2. The minimum atomic E-state index is -0.459. The number of nitrogens with zero attached hydrogens (tertiary/aromatic N) is 1. The van der Waals surface area contributed by atoms with Gasteiger partial charge < -0.3 is 5.32 Å². The predicted octanol–water partition coefficient (Wildman–Crippen LogP) is 3.28. The van der Waals surface area contributed by atoms with Crippen LogP contribution in [-0.4, -0.2) is 24.1 Å². The van der Waals surface area contributed by atoms with Gasteiger partial charge in [-0.2, -0.15) is 5.10 Å². The van der Waals surface area contributed by atoms with Crippen LogP contribution < -0.4 is 10.7 Å². The normalized spacial score (nSPS) is 15.6. The topological polar surface area (TPSA) is 70.6 Å². The fourth-order valence-corrected chi connectivity index (χ4v) is 2.95. The van der Waals surface area contributed by atoms with Gasteiger partial charge in [-0.15, -0.1) is 0 Å². The highest BCUT2D eigenvalue weighted by Crippen LogP contribution is 2.19. The molecule has 0 saturated heterocycles. The second-order valence-corrected chi connectivity index (χ2v) is 6.38. The molecule has 1 aromatic carbocycles. The number of carbonyl (C=O) groups is 2. The van der Waals surface area contributed by atoms with Crippen molar-refractivity contribution in [2.24, 2.45) is 5.10 Å². The average molecular weight is 356 g/mol. The van der Waals surface area contributed by atoms with Crippen molar-refractivity contribution >= 4 is 41.2 Å².